The summed E-state index contributed by atoms with van der Waals surface area (Å²) < 4.78 is 6.54. The number of hydrogen-bond acceptors (Lipinski definition) is 6. The molecule has 2 aromatic heterocycles. The predicted octanol–water partition coefficient (Wildman–Crippen LogP) is 5.36. The molecule has 7 heteroatoms. The second-order valence-electron chi connectivity index (χ2n) is 5.84. The van der Waals surface area contributed by atoms with Crippen molar-refractivity contribution < 1.29 is 4.42 Å². The summed E-state index contributed by atoms with van der Waals surface area (Å²) in [6.45, 7) is 1.77. The Morgan fingerprint density at radius 3 is 2.78 bits per heavy atom. The summed E-state index contributed by atoms with van der Waals surface area (Å²) in [6, 6.07) is 17.4. The van der Waals surface area contributed by atoms with Crippen molar-refractivity contribution in [3.63, 3.8) is 0 Å². The molecule has 0 saturated heterocycles. The van der Waals surface area contributed by atoms with Crippen molar-refractivity contribution in [1.82, 2.24) is 4.98 Å². The summed E-state index contributed by atoms with van der Waals surface area (Å²) in [5, 5.41) is 7.80. The highest BCUT2D eigenvalue weighted by Gasteiger charge is 2.09. The van der Waals surface area contributed by atoms with Crippen LogP contribution in [0.4, 0.5) is 5.13 Å². The lowest BCUT2D eigenvalue weighted by molar-refractivity contribution is 0.559. The molecule has 0 aliphatic carbocycles. The molecule has 0 atom stereocenters. The van der Waals surface area contributed by atoms with Gasteiger partial charge in [0.15, 0.2) is 0 Å². The van der Waals surface area contributed by atoms with Crippen LogP contribution in [0.5, 0.6) is 0 Å². The maximum atomic E-state index is 12.2. The van der Waals surface area contributed by atoms with Crippen LogP contribution in [-0.2, 0) is 0 Å². The van der Waals surface area contributed by atoms with Crippen LogP contribution >= 0.6 is 33.9 Å². The van der Waals surface area contributed by atoms with Gasteiger partial charge in [0, 0.05) is 19.9 Å². The van der Waals surface area contributed by atoms with Crippen molar-refractivity contribution in [3.8, 4) is 11.3 Å². The first-order chi connectivity index (χ1) is 13.1. The number of para-hydroxylation sites is 1. The van der Waals surface area contributed by atoms with Gasteiger partial charge >= 0.3 is 5.63 Å². The van der Waals surface area contributed by atoms with Gasteiger partial charge in [0.25, 0.3) is 0 Å². The highest BCUT2D eigenvalue weighted by Crippen LogP contribution is 2.25. The smallest absolute Gasteiger partial charge is 0.345 e. The van der Waals surface area contributed by atoms with Crippen molar-refractivity contribution in [2.75, 3.05) is 5.43 Å². The van der Waals surface area contributed by atoms with Gasteiger partial charge < -0.3 is 4.42 Å². The zero-order valence-electron chi connectivity index (χ0n) is 14.3. The molecule has 4 rings (SSSR count). The molecular formula is C20H14IN3O2S. The molecule has 2 aromatic carbocycles. The lowest BCUT2D eigenvalue weighted by Gasteiger charge is -2.02. The summed E-state index contributed by atoms with van der Waals surface area (Å²) in [5.74, 6) is 0. The van der Waals surface area contributed by atoms with E-state index in [-0.39, 0.29) is 0 Å². The summed E-state index contributed by atoms with van der Waals surface area (Å²) in [6.07, 6.45) is 0. The molecule has 1 N–H and O–H groups in total. The predicted molar refractivity (Wildman–Crippen MR) is 119 cm³/mol. The van der Waals surface area contributed by atoms with Gasteiger partial charge in [0.2, 0.25) is 5.13 Å². The number of hydrogen-bond donors (Lipinski definition) is 1. The molecule has 0 unspecified atom stereocenters. The average molecular weight is 487 g/mol. The van der Waals surface area contributed by atoms with Crippen LogP contribution in [0.15, 0.2) is 74.3 Å². The minimum atomic E-state index is -0.407. The SMILES string of the molecule is C/C(=N\Nc1nc(-c2ccc(I)cc2)cs1)c1cc2ccccc2oc1=O. The van der Waals surface area contributed by atoms with E-state index in [1.165, 1.54) is 14.9 Å². The van der Waals surface area contributed by atoms with E-state index in [0.717, 1.165) is 16.6 Å². The van der Waals surface area contributed by atoms with E-state index in [1.54, 1.807) is 19.1 Å². The number of thiazole rings is 1. The maximum absolute atomic E-state index is 12.2. The molecule has 0 aliphatic heterocycles. The Bertz CT molecular complexity index is 1200. The van der Waals surface area contributed by atoms with E-state index < -0.39 is 5.63 Å². The normalized spacial score (nSPS) is 11.7. The van der Waals surface area contributed by atoms with Crippen LogP contribution in [0.2, 0.25) is 0 Å². The van der Waals surface area contributed by atoms with E-state index in [4.69, 9.17) is 4.42 Å². The molecule has 0 spiro atoms. The zero-order chi connectivity index (χ0) is 18.8. The topological polar surface area (TPSA) is 67.5 Å². The lowest BCUT2D eigenvalue weighted by Crippen LogP contribution is -2.13. The van der Waals surface area contributed by atoms with Gasteiger partial charge in [-0.2, -0.15) is 5.10 Å². The molecule has 2 heterocycles. The van der Waals surface area contributed by atoms with Crippen LogP contribution < -0.4 is 11.1 Å². The quantitative estimate of drug-likeness (QED) is 0.182. The largest absolute Gasteiger partial charge is 0.422 e. The van der Waals surface area contributed by atoms with Crippen LogP contribution in [-0.4, -0.2) is 10.7 Å². The summed E-state index contributed by atoms with van der Waals surface area (Å²) in [4.78, 5) is 16.8. The van der Waals surface area contributed by atoms with Gasteiger partial charge in [-0.1, -0.05) is 30.3 Å². The number of fused-ring (bicyclic) bond motifs is 1. The molecule has 0 saturated carbocycles. The Balaban J connectivity index is 1.57. The molecule has 4 aromatic rings. The standard InChI is InChI=1S/C20H14IN3O2S/c1-12(16-10-14-4-2-3-5-18(14)26-19(16)25)23-24-20-22-17(11-27-20)13-6-8-15(21)9-7-13/h2-11H,1H3,(H,22,24)/b23-12+. The minimum absolute atomic E-state index is 0.407. The second-order valence-corrected chi connectivity index (χ2v) is 7.94. The third-order valence-electron chi connectivity index (χ3n) is 3.99. The molecule has 5 nitrogen and oxygen atoms in total. The van der Waals surface area contributed by atoms with E-state index in [1.807, 2.05) is 47.8 Å². The lowest BCUT2D eigenvalue weighted by atomic mass is 10.1. The Hall–Kier alpha value is -2.52. The van der Waals surface area contributed by atoms with Gasteiger partial charge in [0.05, 0.1) is 17.0 Å². The Labute approximate surface area is 172 Å². The molecule has 27 heavy (non-hydrogen) atoms. The number of nitrogens with zero attached hydrogens (tertiary/aromatic N) is 2. The third kappa shape index (κ3) is 3.93. The molecule has 0 aliphatic rings. The first kappa shape index (κ1) is 17.9. The fraction of sp³-hybridized carbons (Fsp3) is 0.0500. The van der Waals surface area contributed by atoms with Gasteiger partial charge in [-0.3, -0.25) is 5.43 Å². The van der Waals surface area contributed by atoms with Crippen LogP contribution in [0.25, 0.3) is 22.2 Å². The average Bonchev–Trinajstić information content (AvgIpc) is 3.15. The van der Waals surface area contributed by atoms with Crippen molar-refractivity contribution in [1.29, 1.82) is 0 Å². The molecule has 0 radical (unpaired) electrons. The van der Waals surface area contributed by atoms with Gasteiger partial charge in [-0.05, 0) is 53.8 Å². The van der Waals surface area contributed by atoms with Gasteiger partial charge in [-0.15, -0.1) is 11.3 Å². The van der Waals surface area contributed by atoms with Gasteiger partial charge in [0.1, 0.15) is 5.58 Å². The highest BCUT2D eigenvalue weighted by molar-refractivity contribution is 14.1. The fourth-order valence-corrected chi connectivity index (χ4v) is 3.61. The van der Waals surface area contributed by atoms with Crippen molar-refractivity contribution in [3.05, 3.63) is 79.5 Å². The number of hydrazone groups is 1. The molecule has 0 amide bonds. The van der Waals surface area contributed by atoms with Crippen LogP contribution in [0.1, 0.15) is 12.5 Å². The molecule has 134 valence electrons. The number of rotatable bonds is 4. The first-order valence-electron chi connectivity index (χ1n) is 8.15. The monoisotopic (exact) mass is 487 g/mol. The number of nitrogens with one attached hydrogen (secondary N) is 1. The number of aromatic nitrogens is 1. The first-order valence-corrected chi connectivity index (χ1v) is 10.1. The van der Waals surface area contributed by atoms with Crippen molar-refractivity contribution in [2.24, 2.45) is 5.10 Å². The maximum Gasteiger partial charge on any atom is 0.345 e. The number of anilines is 1. The summed E-state index contributed by atoms with van der Waals surface area (Å²) in [7, 11) is 0. The molecule has 0 bridgehead atoms. The summed E-state index contributed by atoms with van der Waals surface area (Å²) >= 11 is 3.73. The highest BCUT2D eigenvalue weighted by atomic mass is 127. The molecular weight excluding hydrogens is 473 g/mol. The zero-order valence-corrected chi connectivity index (χ0v) is 17.2. The van der Waals surface area contributed by atoms with E-state index in [0.29, 0.717) is 22.0 Å². The minimum Gasteiger partial charge on any atom is -0.422 e. The molecule has 0 fully saturated rings. The number of benzene rings is 2. The van der Waals surface area contributed by atoms with Crippen LogP contribution in [0, 0.1) is 3.57 Å². The third-order valence-corrected chi connectivity index (χ3v) is 5.46. The van der Waals surface area contributed by atoms with Crippen molar-refractivity contribution >= 4 is 55.7 Å². The van der Waals surface area contributed by atoms with Crippen LogP contribution in [0.3, 0.4) is 0 Å². The fourth-order valence-electron chi connectivity index (χ4n) is 2.58. The van der Waals surface area contributed by atoms with Gasteiger partial charge in [-0.25, -0.2) is 9.78 Å². The van der Waals surface area contributed by atoms with E-state index in [9.17, 15) is 4.79 Å². The van der Waals surface area contributed by atoms with E-state index >= 15 is 0 Å². The number of halogens is 1. The summed E-state index contributed by atoms with van der Waals surface area (Å²) in [5.41, 5.74) is 6.00. The Kier molecular flexibility index (Phi) is 5.04. The van der Waals surface area contributed by atoms with Crippen molar-refractivity contribution in [2.45, 2.75) is 6.92 Å². The Morgan fingerprint density at radius 2 is 1.96 bits per heavy atom. The van der Waals surface area contributed by atoms with E-state index in [2.05, 4.69) is 38.1 Å². The Morgan fingerprint density at radius 1 is 1.19 bits per heavy atom. The second kappa shape index (κ2) is 7.61.